The summed E-state index contributed by atoms with van der Waals surface area (Å²) in [6.07, 6.45) is 4.14. The minimum absolute atomic E-state index is 0.0233. The third-order valence-corrected chi connectivity index (χ3v) is 6.19. The first kappa shape index (κ1) is 22.1. The normalized spacial score (nSPS) is 18.9. The largest absolute Gasteiger partial charge is 0.497 e. The Morgan fingerprint density at radius 3 is 2.28 bits per heavy atom. The van der Waals surface area contributed by atoms with Crippen molar-refractivity contribution >= 4 is 11.6 Å². The van der Waals surface area contributed by atoms with E-state index in [0.29, 0.717) is 24.5 Å². The number of benzene rings is 2. The van der Waals surface area contributed by atoms with Crippen LogP contribution in [-0.4, -0.2) is 62.5 Å². The Bertz CT molecular complexity index is 968. The summed E-state index contributed by atoms with van der Waals surface area (Å²) < 4.78 is 16.2. The number of amides is 1. The van der Waals surface area contributed by atoms with Crippen molar-refractivity contribution in [3.05, 3.63) is 53.6 Å². The summed E-state index contributed by atoms with van der Waals surface area (Å²) in [6.45, 7) is 2.33. The number of hydrazone groups is 1. The van der Waals surface area contributed by atoms with Gasteiger partial charge in [0.15, 0.2) is 0 Å². The first-order valence-electron chi connectivity index (χ1n) is 11.1. The quantitative estimate of drug-likeness (QED) is 0.658. The summed E-state index contributed by atoms with van der Waals surface area (Å²) in [7, 11) is 4.91. The van der Waals surface area contributed by atoms with Crippen LogP contribution in [0.15, 0.2) is 47.6 Å². The summed E-state index contributed by atoms with van der Waals surface area (Å²) in [4.78, 5) is 15.6. The number of carbonyl (C=O) groups excluding carboxylic acids is 1. The molecule has 1 amide bonds. The molecule has 1 saturated heterocycles. The highest BCUT2D eigenvalue weighted by Crippen LogP contribution is 2.36. The Balaban J connectivity index is 1.64. The molecule has 0 bridgehead atoms. The molecule has 1 fully saturated rings. The van der Waals surface area contributed by atoms with Crippen molar-refractivity contribution in [2.75, 3.05) is 41.0 Å². The highest BCUT2D eigenvalue weighted by atomic mass is 16.5. The van der Waals surface area contributed by atoms with Crippen molar-refractivity contribution in [1.29, 1.82) is 0 Å². The molecule has 170 valence electrons. The van der Waals surface area contributed by atoms with Crippen LogP contribution in [0.4, 0.5) is 0 Å². The van der Waals surface area contributed by atoms with Gasteiger partial charge in [-0.2, -0.15) is 5.10 Å². The fraction of sp³-hybridized carbons (Fsp3) is 0.440. The molecule has 2 aliphatic heterocycles. The summed E-state index contributed by atoms with van der Waals surface area (Å²) >= 11 is 0. The first-order valence-corrected chi connectivity index (χ1v) is 11.1. The van der Waals surface area contributed by atoms with Crippen LogP contribution in [0.1, 0.15) is 42.9 Å². The SMILES string of the molecule is COc1ccc(C2CC(c3ccc(OC)cc3OC)=NN2C(=O)CN2CCCCC2)cc1. The van der Waals surface area contributed by atoms with Gasteiger partial charge in [0.2, 0.25) is 0 Å². The van der Waals surface area contributed by atoms with Crippen LogP contribution in [0.2, 0.25) is 0 Å². The number of hydrogen-bond donors (Lipinski definition) is 0. The molecule has 0 saturated carbocycles. The molecule has 2 heterocycles. The summed E-state index contributed by atoms with van der Waals surface area (Å²) in [6, 6.07) is 13.4. The molecule has 1 unspecified atom stereocenters. The average molecular weight is 438 g/mol. The van der Waals surface area contributed by atoms with E-state index in [1.165, 1.54) is 6.42 Å². The summed E-state index contributed by atoms with van der Waals surface area (Å²) in [5.74, 6) is 2.21. The zero-order chi connectivity index (χ0) is 22.5. The molecule has 7 heteroatoms. The maximum absolute atomic E-state index is 13.4. The van der Waals surface area contributed by atoms with Crippen molar-refractivity contribution in [2.45, 2.75) is 31.7 Å². The lowest BCUT2D eigenvalue weighted by Gasteiger charge is -2.29. The molecular formula is C25H31N3O4. The second-order valence-electron chi connectivity index (χ2n) is 8.18. The Morgan fingerprint density at radius 2 is 1.62 bits per heavy atom. The molecule has 0 aromatic heterocycles. The van der Waals surface area contributed by atoms with Crippen molar-refractivity contribution in [1.82, 2.24) is 9.91 Å². The number of methoxy groups -OCH3 is 3. The monoisotopic (exact) mass is 437 g/mol. The number of piperidine rings is 1. The Hall–Kier alpha value is -3.06. The lowest BCUT2D eigenvalue weighted by molar-refractivity contribution is -0.134. The van der Waals surface area contributed by atoms with Gasteiger partial charge in [-0.15, -0.1) is 0 Å². The Morgan fingerprint density at radius 1 is 0.938 bits per heavy atom. The molecule has 0 aliphatic carbocycles. The first-order chi connectivity index (χ1) is 15.6. The van der Waals surface area contributed by atoms with Gasteiger partial charge in [0, 0.05) is 18.1 Å². The maximum atomic E-state index is 13.4. The van der Waals surface area contributed by atoms with Crippen LogP contribution in [0.3, 0.4) is 0 Å². The molecule has 4 rings (SSSR count). The van der Waals surface area contributed by atoms with Gasteiger partial charge in [-0.3, -0.25) is 9.69 Å². The zero-order valence-corrected chi connectivity index (χ0v) is 19.0. The minimum atomic E-state index is -0.167. The molecule has 32 heavy (non-hydrogen) atoms. The fourth-order valence-electron chi connectivity index (χ4n) is 4.41. The van der Waals surface area contributed by atoms with E-state index in [9.17, 15) is 4.79 Å². The van der Waals surface area contributed by atoms with E-state index in [0.717, 1.165) is 48.5 Å². The lowest BCUT2D eigenvalue weighted by Crippen LogP contribution is -2.40. The van der Waals surface area contributed by atoms with Gasteiger partial charge in [-0.25, -0.2) is 5.01 Å². The van der Waals surface area contributed by atoms with Gasteiger partial charge in [-0.1, -0.05) is 18.6 Å². The lowest BCUT2D eigenvalue weighted by atomic mass is 9.97. The number of nitrogens with zero attached hydrogens (tertiary/aromatic N) is 3. The van der Waals surface area contributed by atoms with Gasteiger partial charge >= 0.3 is 0 Å². The molecule has 1 atom stereocenters. The molecule has 7 nitrogen and oxygen atoms in total. The number of rotatable bonds is 7. The average Bonchev–Trinajstić information content (AvgIpc) is 3.29. The van der Waals surface area contributed by atoms with E-state index in [1.807, 2.05) is 42.5 Å². The van der Waals surface area contributed by atoms with Crippen LogP contribution in [0.25, 0.3) is 0 Å². The molecule has 2 aromatic rings. The van der Waals surface area contributed by atoms with Crippen molar-refractivity contribution in [3.63, 3.8) is 0 Å². The number of hydrogen-bond acceptors (Lipinski definition) is 6. The standard InChI is InChI=1S/C25H31N3O4/c1-30-19-9-7-18(8-10-19)23-16-22(21-12-11-20(31-2)15-24(21)32-3)26-28(23)25(29)17-27-13-5-4-6-14-27/h7-12,15,23H,4-6,13-14,16-17H2,1-3H3. The van der Waals surface area contributed by atoms with Crippen molar-refractivity contribution in [2.24, 2.45) is 5.10 Å². The molecule has 0 spiro atoms. The minimum Gasteiger partial charge on any atom is -0.497 e. The zero-order valence-electron chi connectivity index (χ0n) is 19.0. The van der Waals surface area contributed by atoms with E-state index in [4.69, 9.17) is 19.3 Å². The topological polar surface area (TPSA) is 63.6 Å². The Kier molecular flexibility index (Phi) is 6.95. The smallest absolute Gasteiger partial charge is 0.257 e. The van der Waals surface area contributed by atoms with Gasteiger partial charge in [-0.05, 0) is 55.8 Å². The fourth-order valence-corrected chi connectivity index (χ4v) is 4.41. The molecule has 0 N–H and O–H groups in total. The van der Waals surface area contributed by atoms with E-state index < -0.39 is 0 Å². The van der Waals surface area contributed by atoms with Crippen molar-refractivity contribution in [3.8, 4) is 17.2 Å². The van der Waals surface area contributed by atoms with Gasteiger partial charge < -0.3 is 14.2 Å². The number of ether oxygens (including phenoxy) is 3. The Labute approximate surface area is 189 Å². The third kappa shape index (κ3) is 4.72. The number of likely N-dealkylation sites (tertiary alicyclic amines) is 1. The highest BCUT2D eigenvalue weighted by Gasteiger charge is 2.34. The predicted molar refractivity (Wildman–Crippen MR) is 124 cm³/mol. The predicted octanol–water partition coefficient (Wildman–Crippen LogP) is 3.88. The molecule has 0 radical (unpaired) electrons. The van der Waals surface area contributed by atoms with Crippen LogP contribution < -0.4 is 14.2 Å². The molecular weight excluding hydrogens is 406 g/mol. The summed E-state index contributed by atoms with van der Waals surface area (Å²) in [5, 5.41) is 6.47. The van der Waals surface area contributed by atoms with E-state index in [1.54, 1.807) is 26.3 Å². The maximum Gasteiger partial charge on any atom is 0.257 e. The highest BCUT2D eigenvalue weighted by molar-refractivity contribution is 6.05. The van der Waals surface area contributed by atoms with Crippen LogP contribution >= 0.6 is 0 Å². The third-order valence-electron chi connectivity index (χ3n) is 6.19. The van der Waals surface area contributed by atoms with Gasteiger partial charge in [0.25, 0.3) is 5.91 Å². The van der Waals surface area contributed by atoms with Crippen LogP contribution in [-0.2, 0) is 4.79 Å². The summed E-state index contributed by atoms with van der Waals surface area (Å²) in [5.41, 5.74) is 2.74. The van der Waals surface area contributed by atoms with Crippen molar-refractivity contribution < 1.29 is 19.0 Å². The second-order valence-corrected chi connectivity index (χ2v) is 8.18. The van der Waals surface area contributed by atoms with E-state index in [-0.39, 0.29) is 11.9 Å². The van der Waals surface area contributed by atoms with Crippen LogP contribution in [0, 0.1) is 0 Å². The van der Waals surface area contributed by atoms with E-state index >= 15 is 0 Å². The number of carbonyl (C=O) groups is 1. The molecule has 2 aliphatic rings. The van der Waals surface area contributed by atoms with Gasteiger partial charge in [0.1, 0.15) is 17.2 Å². The molecule has 2 aromatic carbocycles. The van der Waals surface area contributed by atoms with Crippen LogP contribution in [0.5, 0.6) is 17.2 Å². The van der Waals surface area contributed by atoms with Gasteiger partial charge in [0.05, 0.1) is 39.6 Å². The second kappa shape index (κ2) is 10.0. The van der Waals surface area contributed by atoms with E-state index in [2.05, 4.69) is 4.90 Å².